The van der Waals surface area contributed by atoms with E-state index in [1.54, 1.807) is 31.4 Å². The van der Waals surface area contributed by atoms with E-state index in [1.807, 2.05) is 0 Å². The van der Waals surface area contributed by atoms with Gasteiger partial charge in [0.25, 0.3) is 5.91 Å². The molecule has 1 aliphatic heterocycles. The van der Waals surface area contributed by atoms with Crippen molar-refractivity contribution in [1.29, 1.82) is 0 Å². The lowest BCUT2D eigenvalue weighted by atomic mass is 10.1. The molecule has 0 aliphatic carbocycles. The zero-order valence-corrected chi connectivity index (χ0v) is 12.1. The summed E-state index contributed by atoms with van der Waals surface area (Å²) in [5.41, 5.74) is 0.651. The quantitative estimate of drug-likeness (QED) is 0.889. The van der Waals surface area contributed by atoms with Gasteiger partial charge in [-0.15, -0.1) is 0 Å². The minimum Gasteiger partial charge on any atom is -0.497 e. The van der Waals surface area contributed by atoms with Crippen molar-refractivity contribution < 1.29 is 24.2 Å². The molecule has 1 aromatic rings. The second-order valence-electron chi connectivity index (χ2n) is 4.92. The third-order valence-electron chi connectivity index (χ3n) is 3.68. The SMILES string of the molecule is COc1cccc(C(OC)C(=O)N2CCCC2C(=O)O)c1. The molecule has 1 amide bonds. The molecule has 6 nitrogen and oxygen atoms in total. The summed E-state index contributed by atoms with van der Waals surface area (Å²) in [5.74, 6) is -0.671. The average molecular weight is 293 g/mol. The number of nitrogens with zero attached hydrogens (tertiary/aromatic N) is 1. The van der Waals surface area contributed by atoms with Gasteiger partial charge in [0.15, 0.2) is 6.10 Å². The standard InChI is InChI=1S/C15H19NO5/c1-20-11-6-3-5-10(9-11)13(21-2)14(17)16-8-4-7-12(16)15(18)19/h3,5-6,9,12-13H,4,7-8H2,1-2H3,(H,18,19). The van der Waals surface area contributed by atoms with Gasteiger partial charge < -0.3 is 19.5 Å². The van der Waals surface area contributed by atoms with Gasteiger partial charge >= 0.3 is 5.97 Å². The lowest BCUT2D eigenvalue weighted by molar-refractivity contribution is -0.153. The number of amides is 1. The maximum atomic E-state index is 12.6. The molecule has 1 N–H and O–H groups in total. The Labute approximate surface area is 123 Å². The van der Waals surface area contributed by atoms with Crippen LogP contribution in [0.2, 0.25) is 0 Å². The molecule has 114 valence electrons. The van der Waals surface area contributed by atoms with Crippen molar-refractivity contribution in [2.45, 2.75) is 25.0 Å². The van der Waals surface area contributed by atoms with E-state index in [0.29, 0.717) is 30.7 Å². The first kappa shape index (κ1) is 15.3. The van der Waals surface area contributed by atoms with E-state index >= 15 is 0 Å². The van der Waals surface area contributed by atoms with Crippen LogP contribution in [0.15, 0.2) is 24.3 Å². The van der Waals surface area contributed by atoms with Crippen LogP contribution >= 0.6 is 0 Å². The molecule has 1 aromatic carbocycles. The molecule has 0 aromatic heterocycles. The normalized spacial score (nSPS) is 19.3. The molecule has 2 rings (SSSR count). The van der Waals surface area contributed by atoms with Crippen LogP contribution in [-0.2, 0) is 14.3 Å². The van der Waals surface area contributed by atoms with Gasteiger partial charge in [0, 0.05) is 13.7 Å². The molecule has 1 aliphatic rings. The molecule has 6 heteroatoms. The number of hydrogen-bond donors (Lipinski definition) is 1. The van der Waals surface area contributed by atoms with Gasteiger partial charge in [-0.3, -0.25) is 4.79 Å². The van der Waals surface area contributed by atoms with Crippen molar-refractivity contribution in [3.8, 4) is 5.75 Å². The number of carbonyl (C=O) groups excluding carboxylic acids is 1. The van der Waals surface area contributed by atoms with E-state index in [4.69, 9.17) is 9.47 Å². The Balaban J connectivity index is 2.23. The van der Waals surface area contributed by atoms with Crippen LogP contribution in [-0.4, -0.2) is 48.7 Å². The Morgan fingerprint density at radius 3 is 2.76 bits per heavy atom. The molecule has 0 radical (unpaired) electrons. The number of methoxy groups -OCH3 is 2. The highest BCUT2D eigenvalue weighted by atomic mass is 16.5. The lowest BCUT2D eigenvalue weighted by Gasteiger charge is -2.26. The summed E-state index contributed by atoms with van der Waals surface area (Å²) in [7, 11) is 2.98. The van der Waals surface area contributed by atoms with Gasteiger partial charge in [0.05, 0.1) is 7.11 Å². The number of rotatable bonds is 5. The molecule has 2 unspecified atom stereocenters. The first-order chi connectivity index (χ1) is 10.1. The Bertz CT molecular complexity index is 531. The van der Waals surface area contributed by atoms with E-state index in [9.17, 15) is 14.7 Å². The van der Waals surface area contributed by atoms with Gasteiger partial charge in [-0.2, -0.15) is 0 Å². The van der Waals surface area contributed by atoms with Crippen LogP contribution in [0.5, 0.6) is 5.75 Å². The second-order valence-corrected chi connectivity index (χ2v) is 4.92. The van der Waals surface area contributed by atoms with Crippen LogP contribution in [0, 0.1) is 0 Å². The zero-order chi connectivity index (χ0) is 15.4. The Kier molecular flexibility index (Phi) is 4.80. The van der Waals surface area contributed by atoms with E-state index in [0.717, 1.165) is 0 Å². The Morgan fingerprint density at radius 1 is 1.38 bits per heavy atom. The molecule has 2 atom stereocenters. The van der Waals surface area contributed by atoms with Gasteiger partial charge in [0.1, 0.15) is 11.8 Å². The molecular weight excluding hydrogens is 274 g/mol. The van der Waals surface area contributed by atoms with Crippen molar-refractivity contribution in [2.24, 2.45) is 0 Å². The molecule has 0 spiro atoms. The smallest absolute Gasteiger partial charge is 0.326 e. The zero-order valence-electron chi connectivity index (χ0n) is 12.1. The summed E-state index contributed by atoms with van der Waals surface area (Å²) in [6.45, 7) is 0.444. The summed E-state index contributed by atoms with van der Waals surface area (Å²) < 4.78 is 10.4. The van der Waals surface area contributed by atoms with Gasteiger partial charge in [-0.25, -0.2) is 4.79 Å². The third kappa shape index (κ3) is 3.16. The van der Waals surface area contributed by atoms with Crippen LogP contribution in [0.4, 0.5) is 0 Å². The fraction of sp³-hybridized carbons (Fsp3) is 0.467. The minimum absolute atomic E-state index is 0.323. The Hall–Kier alpha value is -2.08. The van der Waals surface area contributed by atoms with Crippen molar-refractivity contribution in [3.63, 3.8) is 0 Å². The van der Waals surface area contributed by atoms with Gasteiger partial charge in [0.2, 0.25) is 0 Å². The highest BCUT2D eigenvalue weighted by Gasteiger charge is 2.37. The summed E-state index contributed by atoms with van der Waals surface area (Å²) in [4.78, 5) is 25.2. The van der Waals surface area contributed by atoms with Crippen LogP contribution in [0.25, 0.3) is 0 Å². The van der Waals surface area contributed by atoms with E-state index < -0.39 is 18.1 Å². The van der Waals surface area contributed by atoms with Gasteiger partial charge in [-0.1, -0.05) is 12.1 Å². The molecule has 21 heavy (non-hydrogen) atoms. The molecular formula is C15H19NO5. The van der Waals surface area contributed by atoms with Crippen LogP contribution in [0.3, 0.4) is 0 Å². The predicted molar refractivity (Wildman–Crippen MR) is 75.1 cm³/mol. The number of carboxylic acids is 1. The maximum absolute atomic E-state index is 12.6. The number of aliphatic carboxylic acids is 1. The molecule has 1 heterocycles. The van der Waals surface area contributed by atoms with E-state index in [-0.39, 0.29) is 5.91 Å². The fourth-order valence-corrected chi connectivity index (χ4v) is 2.62. The first-order valence-electron chi connectivity index (χ1n) is 6.78. The summed E-state index contributed by atoms with van der Waals surface area (Å²) in [6.07, 6.45) is 0.354. The number of hydrogen-bond acceptors (Lipinski definition) is 4. The minimum atomic E-state index is -0.971. The Morgan fingerprint density at radius 2 is 2.14 bits per heavy atom. The van der Waals surface area contributed by atoms with Crippen molar-refractivity contribution in [1.82, 2.24) is 4.90 Å². The van der Waals surface area contributed by atoms with Crippen LogP contribution < -0.4 is 4.74 Å². The van der Waals surface area contributed by atoms with E-state index in [2.05, 4.69) is 0 Å². The third-order valence-corrected chi connectivity index (χ3v) is 3.68. The maximum Gasteiger partial charge on any atom is 0.326 e. The van der Waals surface area contributed by atoms with Crippen molar-refractivity contribution in [3.05, 3.63) is 29.8 Å². The summed E-state index contributed by atoms with van der Waals surface area (Å²) >= 11 is 0. The summed E-state index contributed by atoms with van der Waals surface area (Å²) in [5, 5.41) is 9.19. The summed E-state index contributed by atoms with van der Waals surface area (Å²) in [6, 6.07) is 6.27. The molecule has 0 bridgehead atoms. The molecule has 0 saturated carbocycles. The van der Waals surface area contributed by atoms with Gasteiger partial charge in [-0.05, 0) is 30.5 Å². The first-order valence-corrected chi connectivity index (χ1v) is 6.78. The predicted octanol–water partition coefficient (Wildman–Crippen LogP) is 1.46. The van der Waals surface area contributed by atoms with Crippen molar-refractivity contribution in [2.75, 3.05) is 20.8 Å². The molecule has 1 fully saturated rings. The number of carboxylic acid groups (broad SMARTS) is 1. The monoisotopic (exact) mass is 293 g/mol. The largest absolute Gasteiger partial charge is 0.497 e. The number of ether oxygens (including phenoxy) is 2. The number of likely N-dealkylation sites (tertiary alicyclic amines) is 1. The highest BCUT2D eigenvalue weighted by molar-refractivity contribution is 5.87. The van der Waals surface area contributed by atoms with E-state index in [1.165, 1.54) is 12.0 Å². The van der Waals surface area contributed by atoms with Crippen molar-refractivity contribution >= 4 is 11.9 Å². The fourth-order valence-electron chi connectivity index (χ4n) is 2.62. The molecule has 1 saturated heterocycles. The second kappa shape index (κ2) is 6.58. The number of benzene rings is 1. The average Bonchev–Trinajstić information content (AvgIpc) is 2.98. The highest BCUT2D eigenvalue weighted by Crippen LogP contribution is 2.27. The van der Waals surface area contributed by atoms with Crippen LogP contribution in [0.1, 0.15) is 24.5 Å². The lowest BCUT2D eigenvalue weighted by Crippen LogP contribution is -2.43. The topological polar surface area (TPSA) is 76.1 Å². The number of carbonyl (C=O) groups is 2.